The van der Waals surface area contributed by atoms with Crippen molar-refractivity contribution < 1.29 is 23.8 Å². The number of hydrogen-bond donors (Lipinski definition) is 2. The number of imidazole rings is 1. The maximum absolute atomic E-state index is 12.0. The topological polar surface area (TPSA) is 116 Å². The summed E-state index contributed by atoms with van der Waals surface area (Å²) in [5.41, 5.74) is 2.00. The summed E-state index contributed by atoms with van der Waals surface area (Å²) in [6, 6.07) is 10.2. The van der Waals surface area contributed by atoms with Crippen LogP contribution < -0.4 is 10.6 Å². The number of carbonyl (C=O) groups excluding carboxylic acids is 2. The van der Waals surface area contributed by atoms with Crippen LogP contribution in [0.1, 0.15) is 37.6 Å². The predicted octanol–water partition coefficient (Wildman–Crippen LogP) is 2.40. The van der Waals surface area contributed by atoms with Gasteiger partial charge in [-0.25, -0.2) is 4.98 Å². The summed E-state index contributed by atoms with van der Waals surface area (Å²) in [6.45, 7) is 8.68. The normalized spacial score (nSPS) is 22.3. The highest BCUT2D eigenvalue weighted by Crippen LogP contribution is 2.32. The van der Waals surface area contributed by atoms with Gasteiger partial charge in [0.15, 0.2) is 5.82 Å². The minimum Gasteiger partial charge on any atom is -0.371 e. The summed E-state index contributed by atoms with van der Waals surface area (Å²) in [7, 11) is 0. The van der Waals surface area contributed by atoms with E-state index in [-0.39, 0.29) is 42.8 Å². The smallest absolute Gasteiger partial charge is 0.229 e. The van der Waals surface area contributed by atoms with Crippen LogP contribution >= 0.6 is 0 Å². The first-order valence-corrected chi connectivity index (χ1v) is 11.3. The van der Waals surface area contributed by atoms with Crippen LogP contribution in [0.5, 0.6) is 0 Å². The fourth-order valence-corrected chi connectivity index (χ4v) is 3.56. The number of amides is 2. The fraction of sp³-hybridized carbons (Fsp3) is 0.500. The Morgan fingerprint density at radius 3 is 2.59 bits per heavy atom. The van der Waals surface area contributed by atoms with Gasteiger partial charge >= 0.3 is 0 Å². The van der Waals surface area contributed by atoms with Gasteiger partial charge in [-0.1, -0.05) is 49.7 Å². The number of aliphatic imine (C=N–C) groups is 1. The summed E-state index contributed by atoms with van der Waals surface area (Å²) in [5.74, 6) is 0.114. The third-order valence-electron chi connectivity index (χ3n) is 5.53. The third kappa shape index (κ3) is 6.96. The molecule has 0 spiro atoms. The van der Waals surface area contributed by atoms with Crippen LogP contribution in [0.4, 0.5) is 5.82 Å². The number of rotatable bonds is 4. The van der Waals surface area contributed by atoms with Crippen molar-refractivity contribution in [1.29, 1.82) is 0 Å². The number of guanidine groups is 1. The molecule has 1 aromatic heterocycles. The number of ether oxygens (including phenoxy) is 3. The van der Waals surface area contributed by atoms with Gasteiger partial charge in [0.2, 0.25) is 18.3 Å². The zero-order valence-corrected chi connectivity index (χ0v) is 20.1. The van der Waals surface area contributed by atoms with E-state index >= 15 is 0 Å². The zero-order chi connectivity index (χ0) is 24.5. The van der Waals surface area contributed by atoms with Crippen molar-refractivity contribution in [3.8, 4) is 0 Å². The van der Waals surface area contributed by atoms with E-state index in [0.29, 0.717) is 31.1 Å². The quantitative estimate of drug-likeness (QED) is 0.402. The van der Waals surface area contributed by atoms with Crippen LogP contribution in [0.15, 0.2) is 41.7 Å². The van der Waals surface area contributed by atoms with Crippen LogP contribution in [0.3, 0.4) is 0 Å². The molecule has 184 valence electrons. The number of aromatic nitrogens is 2. The van der Waals surface area contributed by atoms with E-state index in [1.165, 1.54) is 5.56 Å². The molecule has 3 heterocycles. The maximum atomic E-state index is 12.0. The van der Waals surface area contributed by atoms with Crippen molar-refractivity contribution in [3.63, 3.8) is 0 Å². The minimum atomic E-state index is -0.246. The summed E-state index contributed by atoms with van der Waals surface area (Å²) in [5, 5.41) is 5.05. The van der Waals surface area contributed by atoms with E-state index in [0.717, 1.165) is 6.42 Å². The van der Waals surface area contributed by atoms with Gasteiger partial charge in [-0.05, 0) is 20.3 Å². The Morgan fingerprint density at radius 1 is 1.18 bits per heavy atom. The first-order valence-electron chi connectivity index (χ1n) is 11.3. The van der Waals surface area contributed by atoms with Crippen LogP contribution in [0, 0.1) is 19.8 Å². The molecule has 2 aliphatic heterocycles. The fourth-order valence-electron chi connectivity index (χ4n) is 3.56. The number of nitrogens with one attached hydrogen (secondary N) is 2. The molecule has 0 aliphatic carbocycles. The van der Waals surface area contributed by atoms with Crippen molar-refractivity contribution >= 4 is 24.1 Å². The molecule has 3 atom stereocenters. The van der Waals surface area contributed by atoms with Crippen molar-refractivity contribution in [2.75, 3.05) is 20.0 Å². The first-order chi connectivity index (χ1) is 16.4. The van der Waals surface area contributed by atoms with Crippen LogP contribution in [0.2, 0.25) is 0 Å². The molecule has 2 saturated heterocycles. The molecule has 0 bridgehead atoms. The number of carbonyl (C=O) groups is 2. The van der Waals surface area contributed by atoms with Crippen molar-refractivity contribution in [2.24, 2.45) is 10.9 Å². The highest BCUT2D eigenvalue weighted by Gasteiger charge is 2.36. The average molecular weight is 472 g/mol. The second-order valence-corrected chi connectivity index (χ2v) is 8.54. The molecule has 2 aromatic rings. The van der Waals surface area contributed by atoms with Gasteiger partial charge in [0, 0.05) is 5.92 Å². The van der Waals surface area contributed by atoms with Gasteiger partial charge in [0.1, 0.15) is 12.9 Å². The Bertz CT molecular complexity index is 975. The highest BCUT2D eigenvalue weighted by atomic mass is 16.7. The molecule has 2 aliphatic rings. The molecule has 2 fully saturated rings. The molecule has 0 saturated carbocycles. The SMILES string of the molecule is Cc1ccccc1.Cc1ncn(C2COC3COCOC3C2)c1/N=C(\NC=O)NC(=O)C(C)C. The van der Waals surface area contributed by atoms with Crippen LogP contribution in [0.25, 0.3) is 0 Å². The van der Waals surface area contributed by atoms with Gasteiger partial charge < -0.3 is 18.8 Å². The summed E-state index contributed by atoms with van der Waals surface area (Å²) < 4.78 is 18.7. The lowest BCUT2D eigenvalue weighted by molar-refractivity contribution is -0.231. The molecule has 10 nitrogen and oxygen atoms in total. The molecule has 2 amide bonds. The Kier molecular flexibility index (Phi) is 9.32. The number of fused-ring (bicyclic) bond motifs is 1. The maximum Gasteiger partial charge on any atom is 0.229 e. The van der Waals surface area contributed by atoms with Crippen molar-refractivity contribution in [3.05, 3.63) is 47.9 Å². The molecule has 4 rings (SSSR count). The van der Waals surface area contributed by atoms with Gasteiger partial charge in [-0.3, -0.25) is 20.2 Å². The van der Waals surface area contributed by atoms with Crippen LogP contribution in [-0.2, 0) is 23.8 Å². The predicted molar refractivity (Wildman–Crippen MR) is 127 cm³/mol. The largest absolute Gasteiger partial charge is 0.371 e. The molecule has 10 heteroatoms. The van der Waals surface area contributed by atoms with Gasteiger partial charge in [-0.15, -0.1) is 0 Å². The highest BCUT2D eigenvalue weighted by molar-refractivity contribution is 6.02. The molecular formula is C24H33N5O5. The van der Waals surface area contributed by atoms with Crippen molar-refractivity contribution in [1.82, 2.24) is 20.2 Å². The minimum absolute atomic E-state index is 0.0254. The Hall–Kier alpha value is -3.08. The Labute approximate surface area is 199 Å². The van der Waals surface area contributed by atoms with E-state index < -0.39 is 0 Å². The molecule has 0 radical (unpaired) electrons. The summed E-state index contributed by atoms with van der Waals surface area (Å²) in [6.07, 6.45) is 2.78. The van der Waals surface area contributed by atoms with Crippen molar-refractivity contribution in [2.45, 2.75) is 52.4 Å². The number of benzene rings is 1. The molecule has 34 heavy (non-hydrogen) atoms. The molecule has 3 unspecified atom stereocenters. The van der Waals surface area contributed by atoms with Crippen LogP contribution in [-0.4, -0.2) is 60.0 Å². The lowest BCUT2D eigenvalue weighted by Crippen LogP contribution is -2.47. The average Bonchev–Trinajstić information content (AvgIpc) is 3.19. The second-order valence-electron chi connectivity index (χ2n) is 8.54. The number of nitrogens with zero attached hydrogens (tertiary/aromatic N) is 3. The van der Waals surface area contributed by atoms with E-state index in [9.17, 15) is 9.59 Å². The third-order valence-corrected chi connectivity index (χ3v) is 5.53. The Morgan fingerprint density at radius 2 is 1.94 bits per heavy atom. The van der Waals surface area contributed by atoms with Gasteiger partial charge in [0.05, 0.1) is 37.4 Å². The molecule has 1 aromatic carbocycles. The van der Waals surface area contributed by atoms with E-state index in [4.69, 9.17) is 14.2 Å². The summed E-state index contributed by atoms with van der Waals surface area (Å²) >= 11 is 0. The second kappa shape index (κ2) is 12.4. The Balaban J connectivity index is 0.000000396. The standard InChI is InChI=1S/C17H25N5O5.C7H8/c1-10(2)16(24)21-17(19-8-23)20-15-11(3)18-7-22(15)12-4-13-14(26-5-12)6-25-9-27-13;1-7-5-3-2-4-6-7/h7-8,10,12-14H,4-6,9H2,1-3H3,(H2,19,20,21,23,24);2-6H,1H3. The lowest BCUT2D eigenvalue weighted by atomic mass is 10.0. The van der Waals surface area contributed by atoms with Gasteiger partial charge in [0.25, 0.3) is 0 Å². The van der Waals surface area contributed by atoms with E-state index in [2.05, 4.69) is 39.7 Å². The zero-order valence-electron chi connectivity index (χ0n) is 20.1. The van der Waals surface area contributed by atoms with E-state index in [1.807, 2.05) is 29.7 Å². The number of hydrogen-bond acceptors (Lipinski definition) is 7. The monoisotopic (exact) mass is 471 g/mol. The summed E-state index contributed by atoms with van der Waals surface area (Å²) in [4.78, 5) is 31.6. The van der Waals surface area contributed by atoms with Gasteiger partial charge in [-0.2, -0.15) is 4.99 Å². The lowest BCUT2D eigenvalue weighted by Gasteiger charge is -2.39. The number of aryl methyl sites for hydroxylation is 2. The van der Waals surface area contributed by atoms with E-state index in [1.54, 1.807) is 20.2 Å². The molecule has 2 N–H and O–H groups in total. The first kappa shape index (κ1) is 25.5. The molecular weight excluding hydrogens is 438 g/mol.